The average Bonchev–Trinajstić information content (AvgIpc) is 2.88. The van der Waals surface area contributed by atoms with Crippen molar-refractivity contribution in [2.24, 2.45) is 7.05 Å². The summed E-state index contributed by atoms with van der Waals surface area (Å²) in [7, 11) is 1.63. The fourth-order valence-electron chi connectivity index (χ4n) is 2.22. The van der Waals surface area contributed by atoms with Crippen LogP contribution in [0.25, 0.3) is 0 Å². The van der Waals surface area contributed by atoms with Crippen molar-refractivity contribution in [2.45, 2.75) is 20.8 Å². The predicted molar refractivity (Wildman–Crippen MR) is 89.2 cm³/mol. The smallest absolute Gasteiger partial charge is 0.343 e. The summed E-state index contributed by atoms with van der Waals surface area (Å²) in [4.78, 5) is 24.0. The van der Waals surface area contributed by atoms with Gasteiger partial charge < -0.3 is 14.8 Å². The predicted octanol–water partition coefficient (Wildman–Crippen LogP) is 2.23. The fraction of sp³-hybridized carbons (Fsp3) is 0.353. The second kappa shape index (κ2) is 7.63. The molecule has 1 heterocycles. The van der Waals surface area contributed by atoms with Crippen molar-refractivity contribution < 1.29 is 19.1 Å². The van der Waals surface area contributed by atoms with Gasteiger partial charge in [0, 0.05) is 7.05 Å². The first-order valence-electron chi connectivity index (χ1n) is 7.61. The van der Waals surface area contributed by atoms with Gasteiger partial charge in [-0.1, -0.05) is 17.7 Å². The molecule has 1 N–H and O–H groups in total. The van der Waals surface area contributed by atoms with Gasteiger partial charge in [-0.2, -0.15) is 5.10 Å². The van der Waals surface area contributed by atoms with Crippen LogP contribution < -0.4 is 10.1 Å². The summed E-state index contributed by atoms with van der Waals surface area (Å²) in [6.07, 6.45) is 1.36. The highest BCUT2D eigenvalue weighted by molar-refractivity contribution is 6.00. The van der Waals surface area contributed by atoms with Crippen LogP contribution in [0.4, 0.5) is 5.82 Å². The quantitative estimate of drug-likeness (QED) is 0.821. The van der Waals surface area contributed by atoms with E-state index >= 15 is 0 Å². The molecular formula is C17H21N3O4. The van der Waals surface area contributed by atoms with Crippen LogP contribution in [-0.4, -0.2) is 34.9 Å². The van der Waals surface area contributed by atoms with E-state index in [0.29, 0.717) is 5.75 Å². The number of carbonyl (C=O) groups is 2. The van der Waals surface area contributed by atoms with E-state index < -0.39 is 5.97 Å². The van der Waals surface area contributed by atoms with Crippen LogP contribution in [0.2, 0.25) is 0 Å². The minimum atomic E-state index is -0.531. The average molecular weight is 331 g/mol. The molecule has 0 spiro atoms. The first-order chi connectivity index (χ1) is 11.4. The first kappa shape index (κ1) is 17.5. The third-order valence-electron chi connectivity index (χ3n) is 3.38. The lowest BCUT2D eigenvalue weighted by atomic mass is 10.1. The second-order valence-corrected chi connectivity index (χ2v) is 5.36. The van der Waals surface area contributed by atoms with Gasteiger partial charge in [0.25, 0.3) is 5.91 Å². The van der Waals surface area contributed by atoms with Crippen molar-refractivity contribution in [1.29, 1.82) is 0 Å². The molecule has 2 rings (SSSR count). The minimum Gasteiger partial charge on any atom is -0.483 e. The second-order valence-electron chi connectivity index (χ2n) is 5.36. The van der Waals surface area contributed by atoms with Gasteiger partial charge in [-0.05, 0) is 32.4 Å². The fourth-order valence-corrected chi connectivity index (χ4v) is 2.22. The van der Waals surface area contributed by atoms with Crippen LogP contribution in [0, 0.1) is 13.8 Å². The van der Waals surface area contributed by atoms with Crippen molar-refractivity contribution in [3.05, 3.63) is 41.1 Å². The Morgan fingerprint density at radius 2 is 2.04 bits per heavy atom. The lowest BCUT2D eigenvalue weighted by molar-refractivity contribution is -0.118. The molecule has 0 bridgehead atoms. The third-order valence-corrected chi connectivity index (χ3v) is 3.38. The van der Waals surface area contributed by atoms with E-state index in [1.807, 2.05) is 32.0 Å². The van der Waals surface area contributed by atoms with Crippen LogP contribution in [0.5, 0.6) is 5.75 Å². The molecule has 0 aliphatic rings. The molecule has 0 aliphatic heterocycles. The zero-order chi connectivity index (χ0) is 17.7. The number of rotatable bonds is 6. The van der Waals surface area contributed by atoms with E-state index in [2.05, 4.69) is 10.4 Å². The van der Waals surface area contributed by atoms with Crippen molar-refractivity contribution >= 4 is 17.7 Å². The number of anilines is 1. The number of aromatic nitrogens is 2. The standard InChI is InChI=1S/C17H21N3O4/c1-5-23-17(22)13-9-18-20(4)16(13)19-15(21)10-24-14-7-6-11(2)8-12(14)3/h6-9H,5,10H2,1-4H3,(H,19,21). The van der Waals surface area contributed by atoms with E-state index in [-0.39, 0.29) is 30.5 Å². The first-order valence-corrected chi connectivity index (χ1v) is 7.61. The summed E-state index contributed by atoms with van der Waals surface area (Å²) >= 11 is 0. The zero-order valence-electron chi connectivity index (χ0n) is 14.3. The molecule has 0 fully saturated rings. The van der Waals surface area contributed by atoms with E-state index in [4.69, 9.17) is 9.47 Å². The summed E-state index contributed by atoms with van der Waals surface area (Å²) in [6, 6.07) is 5.72. The molecule has 0 atom stereocenters. The number of hydrogen-bond acceptors (Lipinski definition) is 5. The Bertz CT molecular complexity index is 752. The molecule has 0 radical (unpaired) electrons. The molecule has 0 saturated carbocycles. The van der Waals surface area contributed by atoms with Gasteiger partial charge in [-0.15, -0.1) is 0 Å². The highest BCUT2D eigenvalue weighted by Crippen LogP contribution is 2.19. The van der Waals surface area contributed by atoms with Crippen molar-refractivity contribution in [3.63, 3.8) is 0 Å². The molecule has 1 aromatic carbocycles. The lowest BCUT2D eigenvalue weighted by Gasteiger charge is -2.11. The number of amides is 1. The number of aryl methyl sites for hydroxylation is 3. The Morgan fingerprint density at radius 1 is 1.29 bits per heavy atom. The number of benzene rings is 1. The summed E-state index contributed by atoms with van der Waals surface area (Å²) in [5.41, 5.74) is 2.29. The molecule has 7 heteroatoms. The van der Waals surface area contributed by atoms with Gasteiger partial charge in [-0.3, -0.25) is 9.48 Å². The Kier molecular flexibility index (Phi) is 5.57. The topological polar surface area (TPSA) is 82.5 Å². The summed E-state index contributed by atoms with van der Waals surface area (Å²) < 4.78 is 11.9. The molecule has 24 heavy (non-hydrogen) atoms. The number of esters is 1. The van der Waals surface area contributed by atoms with Crippen LogP contribution in [0.15, 0.2) is 24.4 Å². The molecule has 1 aromatic heterocycles. The summed E-state index contributed by atoms with van der Waals surface area (Å²) in [5, 5.41) is 6.61. The third kappa shape index (κ3) is 4.13. The zero-order valence-corrected chi connectivity index (χ0v) is 14.3. The number of ether oxygens (including phenoxy) is 2. The van der Waals surface area contributed by atoms with E-state index in [0.717, 1.165) is 11.1 Å². The molecule has 1 amide bonds. The van der Waals surface area contributed by atoms with Crippen molar-refractivity contribution in [1.82, 2.24) is 9.78 Å². The van der Waals surface area contributed by atoms with Gasteiger partial charge in [0.05, 0.1) is 12.8 Å². The Balaban J connectivity index is 2.02. The van der Waals surface area contributed by atoms with E-state index in [1.165, 1.54) is 10.9 Å². The Labute approximate surface area is 140 Å². The largest absolute Gasteiger partial charge is 0.483 e. The molecule has 128 valence electrons. The van der Waals surface area contributed by atoms with Gasteiger partial charge in [0.2, 0.25) is 0 Å². The number of carbonyl (C=O) groups excluding carboxylic acids is 2. The van der Waals surface area contributed by atoms with Gasteiger partial charge in [0.1, 0.15) is 17.1 Å². The van der Waals surface area contributed by atoms with Gasteiger partial charge in [-0.25, -0.2) is 4.79 Å². The van der Waals surface area contributed by atoms with Gasteiger partial charge in [0.15, 0.2) is 6.61 Å². The van der Waals surface area contributed by atoms with Crippen LogP contribution >= 0.6 is 0 Å². The Morgan fingerprint density at radius 3 is 2.71 bits per heavy atom. The summed E-state index contributed by atoms with van der Waals surface area (Å²) in [5.74, 6) is 0.00868. The maximum atomic E-state index is 12.1. The normalized spacial score (nSPS) is 10.3. The summed E-state index contributed by atoms with van der Waals surface area (Å²) in [6.45, 7) is 5.70. The molecule has 7 nitrogen and oxygen atoms in total. The molecule has 0 saturated heterocycles. The maximum absolute atomic E-state index is 12.1. The highest BCUT2D eigenvalue weighted by Gasteiger charge is 2.19. The van der Waals surface area contributed by atoms with E-state index in [1.54, 1.807) is 14.0 Å². The minimum absolute atomic E-state index is 0.169. The van der Waals surface area contributed by atoms with Crippen LogP contribution in [0.3, 0.4) is 0 Å². The molecule has 0 unspecified atom stereocenters. The highest BCUT2D eigenvalue weighted by atomic mass is 16.5. The van der Waals surface area contributed by atoms with Gasteiger partial charge >= 0.3 is 5.97 Å². The van der Waals surface area contributed by atoms with E-state index in [9.17, 15) is 9.59 Å². The molecular weight excluding hydrogens is 310 g/mol. The number of hydrogen-bond donors (Lipinski definition) is 1. The lowest BCUT2D eigenvalue weighted by Crippen LogP contribution is -2.23. The SMILES string of the molecule is CCOC(=O)c1cnn(C)c1NC(=O)COc1ccc(C)cc1C. The van der Waals surface area contributed by atoms with Crippen molar-refractivity contribution in [3.8, 4) is 5.75 Å². The number of nitrogens with one attached hydrogen (secondary N) is 1. The Hall–Kier alpha value is -2.83. The maximum Gasteiger partial charge on any atom is 0.343 e. The van der Waals surface area contributed by atoms with Crippen LogP contribution in [0.1, 0.15) is 28.4 Å². The van der Waals surface area contributed by atoms with Crippen molar-refractivity contribution in [2.75, 3.05) is 18.5 Å². The van der Waals surface area contributed by atoms with Crippen LogP contribution in [-0.2, 0) is 16.6 Å². The molecule has 2 aromatic rings. The monoisotopic (exact) mass is 331 g/mol. The molecule has 0 aliphatic carbocycles. The number of nitrogens with zero attached hydrogens (tertiary/aromatic N) is 2.